The Bertz CT molecular complexity index is 448. The third-order valence-corrected chi connectivity index (χ3v) is 4.30. The lowest BCUT2D eigenvalue weighted by atomic mass is 9.77. The molecule has 0 aliphatic heterocycles. The molecule has 3 nitrogen and oxygen atoms in total. The second kappa shape index (κ2) is 5.04. The Kier molecular flexibility index (Phi) is 3.40. The van der Waals surface area contributed by atoms with Crippen molar-refractivity contribution in [3.63, 3.8) is 0 Å². The van der Waals surface area contributed by atoms with E-state index in [2.05, 4.69) is 12.1 Å². The highest BCUT2D eigenvalue weighted by atomic mass is 16.5. The van der Waals surface area contributed by atoms with Crippen LogP contribution in [0.5, 0.6) is 11.5 Å². The van der Waals surface area contributed by atoms with Gasteiger partial charge in [-0.3, -0.25) is 0 Å². The maximum Gasteiger partial charge on any atom is 0.161 e. The van der Waals surface area contributed by atoms with Crippen LogP contribution in [0.2, 0.25) is 0 Å². The van der Waals surface area contributed by atoms with Gasteiger partial charge in [-0.05, 0) is 43.4 Å². The van der Waals surface area contributed by atoms with E-state index >= 15 is 0 Å². The number of ether oxygens (including phenoxy) is 2. The maximum absolute atomic E-state index is 6.59. The van der Waals surface area contributed by atoms with E-state index in [4.69, 9.17) is 15.2 Å². The number of hydrogen-bond acceptors (Lipinski definition) is 3. The van der Waals surface area contributed by atoms with E-state index in [9.17, 15) is 0 Å². The fourth-order valence-electron chi connectivity index (χ4n) is 2.92. The summed E-state index contributed by atoms with van der Waals surface area (Å²) in [6, 6.07) is 6.20. The molecule has 0 radical (unpaired) electrons. The third kappa shape index (κ3) is 2.71. The Morgan fingerprint density at radius 3 is 2.47 bits per heavy atom. The van der Waals surface area contributed by atoms with Gasteiger partial charge in [0, 0.05) is 5.54 Å². The molecule has 0 unspecified atom stereocenters. The molecule has 2 fully saturated rings. The summed E-state index contributed by atoms with van der Waals surface area (Å²) in [7, 11) is 1.69. The molecule has 3 heteroatoms. The van der Waals surface area contributed by atoms with Gasteiger partial charge in [0.1, 0.15) is 0 Å². The quantitative estimate of drug-likeness (QED) is 0.904. The van der Waals surface area contributed by atoms with E-state index in [0.717, 1.165) is 37.2 Å². The van der Waals surface area contributed by atoms with Gasteiger partial charge >= 0.3 is 0 Å². The Morgan fingerprint density at radius 1 is 1.11 bits per heavy atom. The van der Waals surface area contributed by atoms with E-state index in [1.165, 1.54) is 24.8 Å². The molecule has 2 saturated carbocycles. The summed E-state index contributed by atoms with van der Waals surface area (Å²) >= 11 is 0. The monoisotopic (exact) mass is 261 g/mol. The van der Waals surface area contributed by atoms with Crippen LogP contribution in [0, 0.1) is 0 Å². The van der Waals surface area contributed by atoms with E-state index in [1.54, 1.807) is 7.11 Å². The van der Waals surface area contributed by atoms with E-state index in [1.807, 2.05) is 6.07 Å². The minimum atomic E-state index is -0.174. The van der Waals surface area contributed by atoms with Crippen LogP contribution in [0.3, 0.4) is 0 Å². The predicted molar refractivity (Wildman–Crippen MR) is 75.6 cm³/mol. The van der Waals surface area contributed by atoms with Crippen molar-refractivity contribution < 1.29 is 9.47 Å². The highest BCUT2D eigenvalue weighted by Crippen LogP contribution is 2.40. The van der Waals surface area contributed by atoms with Crippen molar-refractivity contribution in [1.29, 1.82) is 0 Å². The molecule has 0 aromatic heterocycles. The van der Waals surface area contributed by atoms with E-state index < -0.39 is 0 Å². The molecule has 3 rings (SSSR count). The summed E-state index contributed by atoms with van der Waals surface area (Å²) in [5.74, 6) is 1.67. The Labute approximate surface area is 115 Å². The molecule has 0 spiro atoms. The van der Waals surface area contributed by atoms with Crippen LogP contribution in [0.25, 0.3) is 0 Å². The van der Waals surface area contributed by atoms with Crippen molar-refractivity contribution >= 4 is 0 Å². The molecule has 0 bridgehead atoms. The smallest absolute Gasteiger partial charge is 0.161 e. The number of benzene rings is 1. The second-order valence-electron chi connectivity index (χ2n) is 5.90. The van der Waals surface area contributed by atoms with Crippen LogP contribution in [0.1, 0.15) is 50.5 Å². The summed E-state index contributed by atoms with van der Waals surface area (Å²) in [5.41, 5.74) is 7.61. The van der Waals surface area contributed by atoms with Gasteiger partial charge in [0.25, 0.3) is 0 Å². The average molecular weight is 261 g/mol. The van der Waals surface area contributed by atoms with Gasteiger partial charge < -0.3 is 15.2 Å². The topological polar surface area (TPSA) is 44.5 Å². The van der Waals surface area contributed by atoms with Gasteiger partial charge in [-0.1, -0.05) is 25.3 Å². The standard InChI is InChI=1S/C16H23NO2/c1-18-14-8-5-12(11-15(14)19-13-6-7-13)16(17)9-3-2-4-10-16/h5,8,11,13H,2-4,6-7,9-10,17H2,1H3. The van der Waals surface area contributed by atoms with Gasteiger partial charge in [0.15, 0.2) is 11.5 Å². The molecule has 1 aromatic rings. The minimum Gasteiger partial charge on any atom is -0.493 e. The van der Waals surface area contributed by atoms with Gasteiger partial charge in [0.2, 0.25) is 0 Å². The first-order valence-electron chi connectivity index (χ1n) is 7.35. The molecule has 1 aromatic carbocycles. The van der Waals surface area contributed by atoms with Crippen molar-refractivity contribution in [3.8, 4) is 11.5 Å². The highest BCUT2D eigenvalue weighted by Gasteiger charge is 2.31. The molecule has 19 heavy (non-hydrogen) atoms. The Balaban J connectivity index is 1.88. The Hall–Kier alpha value is -1.22. The number of methoxy groups -OCH3 is 1. The first-order valence-corrected chi connectivity index (χ1v) is 7.35. The zero-order valence-corrected chi connectivity index (χ0v) is 11.7. The minimum absolute atomic E-state index is 0.174. The van der Waals surface area contributed by atoms with Crippen LogP contribution in [-0.4, -0.2) is 13.2 Å². The van der Waals surface area contributed by atoms with Crippen molar-refractivity contribution in [2.24, 2.45) is 5.73 Å². The van der Waals surface area contributed by atoms with Crippen LogP contribution in [-0.2, 0) is 5.54 Å². The maximum atomic E-state index is 6.59. The molecule has 0 heterocycles. The summed E-state index contributed by atoms with van der Waals surface area (Å²) in [6.07, 6.45) is 8.58. The Morgan fingerprint density at radius 2 is 1.84 bits per heavy atom. The van der Waals surface area contributed by atoms with Crippen LogP contribution >= 0.6 is 0 Å². The highest BCUT2D eigenvalue weighted by molar-refractivity contribution is 5.45. The number of hydrogen-bond donors (Lipinski definition) is 1. The molecule has 2 aliphatic rings. The second-order valence-corrected chi connectivity index (χ2v) is 5.90. The molecule has 2 N–H and O–H groups in total. The molecule has 0 atom stereocenters. The van der Waals surface area contributed by atoms with Gasteiger partial charge in [-0.2, -0.15) is 0 Å². The van der Waals surface area contributed by atoms with Crippen LogP contribution < -0.4 is 15.2 Å². The summed E-state index contributed by atoms with van der Waals surface area (Å²) < 4.78 is 11.3. The van der Waals surface area contributed by atoms with Gasteiger partial charge in [0.05, 0.1) is 13.2 Å². The first-order chi connectivity index (χ1) is 9.21. The van der Waals surface area contributed by atoms with Crippen LogP contribution in [0.15, 0.2) is 18.2 Å². The summed E-state index contributed by atoms with van der Waals surface area (Å²) in [4.78, 5) is 0. The molecule has 0 amide bonds. The van der Waals surface area contributed by atoms with Crippen molar-refractivity contribution in [2.75, 3.05) is 7.11 Å². The van der Waals surface area contributed by atoms with E-state index in [0.29, 0.717) is 6.10 Å². The first kappa shape index (κ1) is 12.8. The fraction of sp³-hybridized carbons (Fsp3) is 0.625. The fourth-order valence-corrected chi connectivity index (χ4v) is 2.92. The SMILES string of the molecule is COc1ccc(C2(N)CCCCC2)cc1OC1CC1. The average Bonchev–Trinajstić information content (AvgIpc) is 3.23. The zero-order valence-electron chi connectivity index (χ0n) is 11.7. The van der Waals surface area contributed by atoms with Gasteiger partial charge in [-0.15, -0.1) is 0 Å². The lowest BCUT2D eigenvalue weighted by Gasteiger charge is -2.34. The molecule has 2 aliphatic carbocycles. The molecule has 0 saturated heterocycles. The molecule has 104 valence electrons. The van der Waals surface area contributed by atoms with Crippen molar-refractivity contribution in [2.45, 2.75) is 56.6 Å². The largest absolute Gasteiger partial charge is 0.493 e. The third-order valence-electron chi connectivity index (χ3n) is 4.30. The number of rotatable bonds is 4. The predicted octanol–water partition coefficient (Wildman–Crippen LogP) is 3.35. The lowest BCUT2D eigenvalue weighted by Crippen LogP contribution is -2.38. The van der Waals surface area contributed by atoms with Crippen LogP contribution in [0.4, 0.5) is 0 Å². The summed E-state index contributed by atoms with van der Waals surface area (Å²) in [5, 5.41) is 0. The zero-order chi connectivity index (χ0) is 13.3. The van der Waals surface area contributed by atoms with Gasteiger partial charge in [-0.25, -0.2) is 0 Å². The summed E-state index contributed by atoms with van der Waals surface area (Å²) in [6.45, 7) is 0. The van der Waals surface area contributed by atoms with E-state index in [-0.39, 0.29) is 5.54 Å². The molecular weight excluding hydrogens is 238 g/mol. The van der Waals surface area contributed by atoms with Crippen molar-refractivity contribution in [1.82, 2.24) is 0 Å². The normalized spacial score (nSPS) is 22.0. The number of nitrogens with two attached hydrogens (primary N) is 1. The lowest BCUT2D eigenvalue weighted by molar-refractivity contribution is 0.275. The molecular formula is C16H23NO2. The van der Waals surface area contributed by atoms with Crippen molar-refractivity contribution in [3.05, 3.63) is 23.8 Å².